The molecule has 114 valence electrons. The van der Waals surface area contributed by atoms with E-state index in [1.807, 2.05) is 0 Å². The zero-order valence-corrected chi connectivity index (χ0v) is 13.1. The fraction of sp³-hybridized carbons (Fsp3) is 0.462. The van der Waals surface area contributed by atoms with Gasteiger partial charge in [0.15, 0.2) is 5.75 Å². The Kier molecular flexibility index (Phi) is 4.79. The average molecular weight is 358 g/mol. The van der Waals surface area contributed by atoms with Gasteiger partial charge in [-0.3, -0.25) is 14.9 Å². The molecule has 1 aliphatic rings. The predicted octanol–water partition coefficient (Wildman–Crippen LogP) is 1.65. The predicted molar refractivity (Wildman–Crippen MR) is 80.2 cm³/mol. The molecule has 1 aromatic carbocycles. The number of nitro benzene ring substituents is 1. The SMILES string of the molecule is Cc1cc(Br)cc([N+](=O)[O-])c1OCC(NC1CC1)C(N)=O. The molecule has 21 heavy (non-hydrogen) atoms. The Morgan fingerprint density at radius 3 is 2.81 bits per heavy atom. The minimum atomic E-state index is -0.653. The van der Waals surface area contributed by atoms with Crippen LogP contribution in [0.4, 0.5) is 5.69 Å². The van der Waals surface area contributed by atoms with E-state index in [2.05, 4.69) is 21.2 Å². The summed E-state index contributed by atoms with van der Waals surface area (Å²) in [7, 11) is 0. The molecule has 1 saturated carbocycles. The van der Waals surface area contributed by atoms with E-state index >= 15 is 0 Å². The third kappa shape index (κ3) is 4.15. The molecule has 1 unspecified atom stereocenters. The van der Waals surface area contributed by atoms with E-state index in [0.29, 0.717) is 10.0 Å². The monoisotopic (exact) mass is 357 g/mol. The molecule has 1 atom stereocenters. The quantitative estimate of drug-likeness (QED) is 0.569. The van der Waals surface area contributed by atoms with Gasteiger partial charge in [0.1, 0.15) is 12.6 Å². The highest BCUT2D eigenvalue weighted by Crippen LogP contribution is 2.34. The molecule has 3 N–H and O–H groups in total. The van der Waals surface area contributed by atoms with Crippen molar-refractivity contribution in [2.24, 2.45) is 5.73 Å². The second kappa shape index (κ2) is 6.40. The highest BCUT2D eigenvalue weighted by atomic mass is 79.9. The van der Waals surface area contributed by atoms with Crippen molar-refractivity contribution in [1.82, 2.24) is 5.32 Å². The van der Waals surface area contributed by atoms with Crippen LogP contribution in [0, 0.1) is 17.0 Å². The molecule has 1 fully saturated rings. The third-order valence-corrected chi connectivity index (χ3v) is 3.63. The topological polar surface area (TPSA) is 107 Å². The molecular formula is C13H16BrN3O4. The van der Waals surface area contributed by atoms with Crippen molar-refractivity contribution in [2.75, 3.05) is 6.61 Å². The normalized spacial score (nSPS) is 15.5. The number of hydrogen-bond donors (Lipinski definition) is 2. The largest absolute Gasteiger partial charge is 0.484 e. The van der Waals surface area contributed by atoms with E-state index in [0.717, 1.165) is 12.8 Å². The van der Waals surface area contributed by atoms with Crippen LogP contribution in [0.15, 0.2) is 16.6 Å². The second-order valence-electron chi connectivity index (χ2n) is 5.03. The summed E-state index contributed by atoms with van der Waals surface area (Å²) < 4.78 is 6.11. The van der Waals surface area contributed by atoms with E-state index in [9.17, 15) is 14.9 Å². The van der Waals surface area contributed by atoms with E-state index in [-0.39, 0.29) is 24.1 Å². The zero-order chi connectivity index (χ0) is 15.6. The number of primary amides is 1. The van der Waals surface area contributed by atoms with E-state index < -0.39 is 16.9 Å². The molecule has 0 bridgehead atoms. The van der Waals surface area contributed by atoms with Gasteiger partial charge in [0.2, 0.25) is 5.91 Å². The number of carbonyl (C=O) groups excluding carboxylic acids is 1. The van der Waals surface area contributed by atoms with E-state index in [1.165, 1.54) is 6.07 Å². The minimum Gasteiger partial charge on any atom is -0.484 e. The molecule has 1 aromatic rings. The Morgan fingerprint density at radius 1 is 1.62 bits per heavy atom. The van der Waals surface area contributed by atoms with Crippen LogP contribution < -0.4 is 15.8 Å². The van der Waals surface area contributed by atoms with Crippen molar-refractivity contribution in [3.05, 3.63) is 32.3 Å². The van der Waals surface area contributed by atoms with Crippen molar-refractivity contribution in [3.8, 4) is 5.75 Å². The van der Waals surface area contributed by atoms with Crippen LogP contribution in [0.5, 0.6) is 5.75 Å². The summed E-state index contributed by atoms with van der Waals surface area (Å²) in [5.74, 6) is -0.369. The maximum absolute atomic E-state index is 11.4. The second-order valence-corrected chi connectivity index (χ2v) is 5.95. The van der Waals surface area contributed by atoms with Crippen LogP contribution in [-0.2, 0) is 4.79 Å². The number of nitrogens with two attached hydrogens (primary N) is 1. The van der Waals surface area contributed by atoms with Crippen LogP contribution in [0.1, 0.15) is 18.4 Å². The Hall–Kier alpha value is -1.67. The summed E-state index contributed by atoms with van der Waals surface area (Å²) in [6, 6.07) is 2.72. The first-order valence-corrected chi connectivity index (χ1v) is 7.30. The molecule has 2 rings (SSSR count). The van der Waals surface area contributed by atoms with Crippen molar-refractivity contribution in [1.29, 1.82) is 0 Å². The number of nitro groups is 1. The molecule has 0 saturated heterocycles. The maximum atomic E-state index is 11.4. The lowest BCUT2D eigenvalue weighted by Gasteiger charge is -2.17. The number of nitrogens with zero attached hydrogens (tertiary/aromatic N) is 1. The van der Waals surface area contributed by atoms with E-state index in [4.69, 9.17) is 10.5 Å². The number of ether oxygens (including phenoxy) is 1. The van der Waals surface area contributed by atoms with Crippen LogP contribution in [-0.4, -0.2) is 29.5 Å². The molecule has 1 aliphatic carbocycles. The number of nitrogens with one attached hydrogen (secondary N) is 1. The van der Waals surface area contributed by atoms with Crippen LogP contribution in [0.25, 0.3) is 0 Å². The van der Waals surface area contributed by atoms with Gasteiger partial charge in [-0.15, -0.1) is 0 Å². The van der Waals surface area contributed by atoms with Gasteiger partial charge in [-0.05, 0) is 31.4 Å². The first-order valence-electron chi connectivity index (χ1n) is 6.51. The van der Waals surface area contributed by atoms with Crippen molar-refractivity contribution >= 4 is 27.5 Å². The summed E-state index contributed by atoms with van der Waals surface area (Å²) in [5.41, 5.74) is 5.79. The molecule has 1 amide bonds. The number of rotatable bonds is 7. The molecule has 0 spiro atoms. The van der Waals surface area contributed by atoms with Crippen LogP contribution in [0.2, 0.25) is 0 Å². The average Bonchev–Trinajstić information content (AvgIpc) is 3.18. The Labute approximate surface area is 130 Å². The lowest BCUT2D eigenvalue weighted by molar-refractivity contribution is -0.386. The molecule has 0 radical (unpaired) electrons. The van der Waals surface area contributed by atoms with Crippen molar-refractivity contribution in [2.45, 2.75) is 31.8 Å². The summed E-state index contributed by atoms with van der Waals surface area (Å²) >= 11 is 3.21. The smallest absolute Gasteiger partial charge is 0.312 e. The van der Waals surface area contributed by atoms with Gasteiger partial charge in [-0.2, -0.15) is 0 Å². The third-order valence-electron chi connectivity index (χ3n) is 3.17. The molecular weight excluding hydrogens is 342 g/mol. The lowest BCUT2D eigenvalue weighted by Crippen LogP contribution is -2.46. The number of benzene rings is 1. The summed E-state index contributed by atoms with van der Waals surface area (Å²) in [6.45, 7) is 1.68. The molecule has 0 aromatic heterocycles. The van der Waals surface area contributed by atoms with Gasteiger partial charge in [0.05, 0.1) is 4.92 Å². The highest BCUT2D eigenvalue weighted by Gasteiger charge is 2.28. The molecule has 0 heterocycles. The van der Waals surface area contributed by atoms with Gasteiger partial charge < -0.3 is 15.8 Å². The number of amides is 1. The van der Waals surface area contributed by atoms with Crippen molar-refractivity contribution in [3.63, 3.8) is 0 Å². The summed E-state index contributed by atoms with van der Waals surface area (Å²) in [6.07, 6.45) is 2.00. The van der Waals surface area contributed by atoms with Gasteiger partial charge >= 0.3 is 5.69 Å². The van der Waals surface area contributed by atoms with Crippen LogP contribution >= 0.6 is 15.9 Å². The number of aryl methyl sites for hydroxylation is 1. The minimum absolute atomic E-state index is 0.0326. The zero-order valence-electron chi connectivity index (χ0n) is 11.5. The number of halogens is 1. The van der Waals surface area contributed by atoms with Crippen molar-refractivity contribution < 1.29 is 14.5 Å². The summed E-state index contributed by atoms with van der Waals surface area (Å²) in [4.78, 5) is 22.0. The Morgan fingerprint density at radius 2 is 2.29 bits per heavy atom. The lowest BCUT2D eigenvalue weighted by atomic mass is 10.2. The van der Waals surface area contributed by atoms with E-state index in [1.54, 1.807) is 13.0 Å². The van der Waals surface area contributed by atoms with Gasteiger partial charge in [0, 0.05) is 16.6 Å². The Balaban J connectivity index is 2.14. The number of carbonyl (C=O) groups is 1. The molecule has 7 nitrogen and oxygen atoms in total. The molecule has 0 aliphatic heterocycles. The molecule has 8 heteroatoms. The fourth-order valence-corrected chi connectivity index (χ4v) is 2.51. The Bertz CT molecular complexity index is 575. The number of hydrogen-bond acceptors (Lipinski definition) is 5. The first kappa shape index (κ1) is 15.7. The standard InChI is InChI=1S/C13H16BrN3O4/c1-7-4-8(14)5-11(17(19)20)12(7)21-6-10(13(15)18)16-9-2-3-9/h4-5,9-10,16H,2-3,6H2,1H3,(H2,15,18). The van der Waals surface area contributed by atoms with Gasteiger partial charge in [-0.25, -0.2) is 0 Å². The van der Waals surface area contributed by atoms with Gasteiger partial charge in [0.25, 0.3) is 0 Å². The fourth-order valence-electron chi connectivity index (χ4n) is 1.95. The summed E-state index contributed by atoms with van der Waals surface area (Å²) in [5, 5.41) is 14.2. The maximum Gasteiger partial charge on any atom is 0.312 e. The van der Waals surface area contributed by atoms with Crippen LogP contribution in [0.3, 0.4) is 0 Å². The van der Waals surface area contributed by atoms with Gasteiger partial charge in [-0.1, -0.05) is 15.9 Å². The highest BCUT2D eigenvalue weighted by molar-refractivity contribution is 9.10. The first-order chi connectivity index (χ1) is 9.88.